The molecule has 0 aliphatic carbocycles. The number of fused-ring (bicyclic) bond motifs is 1. The molecule has 17 heavy (non-hydrogen) atoms. The molecule has 1 aromatic carbocycles. The van der Waals surface area contributed by atoms with Crippen molar-refractivity contribution < 1.29 is 4.79 Å². The number of nitrogens with zero attached hydrogens (tertiary/aromatic N) is 1. The van der Waals surface area contributed by atoms with E-state index in [1.807, 2.05) is 23.1 Å². The van der Waals surface area contributed by atoms with Crippen molar-refractivity contribution in [1.82, 2.24) is 10.2 Å². The molecule has 0 radical (unpaired) electrons. The molecule has 90 valence electrons. The van der Waals surface area contributed by atoms with Gasteiger partial charge in [-0.3, -0.25) is 4.79 Å². The van der Waals surface area contributed by atoms with Crippen LogP contribution in [-0.4, -0.2) is 29.9 Å². The van der Waals surface area contributed by atoms with Crippen molar-refractivity contribution in [3.05, 3.63) is 35.9 Å². The van der Waals surface area contributed by atoms with E-state index in [0.29, 0.717) is 11.9 Å². The lowest BCUT2D eigenvalue weighted by Gasteiger charge is -2.23. The third-order valence-electron chi connectivity index (χ3n) is 3.85. The van der Waals surface area contributed by atoms with Gasteiger partial charge in [0, 0.05) is 19.1 Å². The molecule has 2 saturated heterocycles. The van der Waals surface area contributed by atoms with Gasteiger partial charge in [-0.15, -0.1) is 0 Å². The molecule has 2 aliphatic heterocycles. The van der Waals surface area contributed by atoms with Gasteiger partial charge >= 0.3 is 0 Å². The van der Waals surface area contributed by atoms with Crippen LogP contribution in [0.3, 0.4) is 0 Å². The van der Waals surface area contributed by atoms with Crippen LogP contribution in [0.15, 0.2) is 30.3 Å². The molecule has 1 amide bonds. The molecule has 0 bridgehead atoms. The molecule has 0 spiro atoms. The van der Waals surface area contributed by atoms with E-state index in [1.54, 1.807) is 0 Å². The van der Waals surface area contributed by atoms with Gasteiger partial charge in [0.25, 0.3) is 0 Å². The SMILES string of the molecule is O=C1C2CCCNC2CN1Cc1ccccc1. The van der Waals surface area contributed by atoms with E-state index >= 15 is 0 Å². The Balaban J connectivity index is 1.71. The Morgan fingerprint density at radius 2 is 2.12 bits per heavy atom. The molecular weight excluding hydrogens is 212 g/mol. The van der Waals surface area contributed by atoms with Crippen LogP contribution in [0.5, 0.6) is 0 Å². The Morgan fingerprint density at radius 3 is 2.88 bits per heavy atom. The van der Waals surface area contributed by atoms with Crippen LogP contribution in [-0.2, 0) is 11.3 Å². The lowest BCUT2D eigenvalue weighted by atomic mass is 9.94. The van der Waals surface area contributed by atoms with Gasteiger partial charge in [-0.25, -0.2) is 0 Å². The second-order valence-corrected chi connectivity index (χ2v) is 5.01. The quantitative estimate of drug-likeness (QED) is 0.833. The number of nitrogens with one attached hydrogen (secondary N) is 1. The molecule has 2 fully saturated rings. The van der Waals surface area contributed by atoms with E-state index in [0.717, 1.165) is 32.5 Å². The van der Waals surface area contributed by atoms with E-state index < -0.39 is 0 Å². The number of carbonyl (C=O) groups excluding carboxylic acids is 1. The van der Waals surface area contributed by atoms with Crippen molar-refractivity contribution in [2.75, 3.05) is 13.1 Å². The van der Waals surface area contributed by atoms with Crippen molar-refractivity contribution in [1.29, 1.82) is 0 Å². The molecule has 3 rings (SSSR count). The van der Waals surface area contributed by atoms with Gasteiger partial charge in [-0.1, -0.05) is 30.3 Å². The minimum atomic E-state index is 0.229. The Hall–Kier alpha value is -1.35. The monoisotopic (exact) mass is 230 g/mol. The van der Waals surface area contributed by atoms with Gasteiger partial charge < -0.3 is 10.2 Å². The van der Waals surface area contributed by atoms with Gasteiger partial charge in [0.15, 0.2) is 0 Å². The van der Waals surface area contributed by atoms with Crippen LogP contribution in [0.25, 0.3) is 0 Å². The molecule has 0 aromatic heterocycles. The number of carbonyl (C=O) groups is 1. The van der Waals surface area contributed by atoms with Crippen molar-refractivity contribution in [2.45, 2.75) is 25.4 Å². The fraction of sp³-hybridized carbons (Fsp3) is 0.500. The Bertz CT molecular complexity index is 404. The Kier molecular flexibility index (Phi) is 2.85. The summed E-state index contributed by atoms with van der Waals surface area (Å²) in [6.45, 7) is 2.69. The van der Waals surface area contributed by atoms with E-state index in [2.05, 4.69) is 17.4 Å². The summed E-state index contributed by atoms with van der Waals surface area (Å²) in [4.78, 5) is 14.2. The Morgan fingerprint density at radius 1 is 1.29 bits per heavy atom. The molecular formula is C14H18N2O. The number of benzene rings is 1. The first-order valence-electron chi connectivity index (χ1n) is 6.41. The summed E-state index contributed by atoms with van der Waals surface area (Å²) in [5.41, 5.74) is 1.22. The summed E-state index contributed by atoms with van der Waals surface area (Å²) in [5.74, 6) is 0.568. The third kappa shape index (κ3) is 2.07. The fourth-order valence-corrected chi connectivity index (χ4v) is 2.95. The van der Waals surface area contributed by atoms with E-state index in [1.165, 1.54) is 5.56 Å². The summed E-state index contributed by atoms with van der Waals surface area (Å²) in [6, 6.07) is 10.6. The van der Waals surface area contributed by atoms with Gasteiger partial charge in [-0.2, -0.15) is 0 Å². The topological polar surface area (TPSA) is 32.3 Å². The summed E-state index contributed by atoms with van der Waals surface area (Å²) in [7, 11) is 0. The van der Waals surface area contributed by atoms with Crippen LogP contribution < -0.4 is 5.32 Å². The van der Waals surface area contributed by atoms with E-state index in [9.17, 15) is 4.79 Å². The van der Waals surface area contributed by atoms with Crippen LogP contribution in [0, 0.1) is 5.92 Å². The van der Waals surface area contributed by atoms with E-state index in [-0.39, 0.29) is 5.92 Å². The highest BCUT2D eigenvalue weighted by molar-refractivity contribution is 5.82. The summed E-state index contributed by atoms with van der Waals surface area (Å²) >= 11 is 0. The van der Waals surface area contributed by atoms with Crippen molar-refractivity contribution >= 4 is 5.91 Å². The molecule has 3 nitrogen and oxygen atoms in total. The Labute approximate surface area is 102 Å². The van der Waals surface area contributed by atoms with Gasteiger partial charge in [0.1, 0.15) is 0 Å². The zero-order chi connectivity index (χ0) is 11.7. The predicted octanol–water partition coefficient (Wildman–Crippen LogP) is 1.40. The maximum absolute atomic E-state index is 12.2. The highest BCUT2D eigenvalue weighted by atomic mass is 16.2. The van der Waals surface area contributed by atoms with Crippen molar-refractivity contribution in [3.63, 3.8) is 0 Å². The normalized spacial score (nSPS) is 28.2. The molecule has 3 heteroatoms. The average molecular weight is 230 g/mol. The number of rotatable bonds is 2. The van der Waals surface area contributed by atoms with E-state index in [4.69, 9.17) is 0 Å². The maximum atomic E-state index is 12.2. The molecule has 2 heterocycles. The molecule has 1 N–H and O–H groups in total. The first-order valence-corrected chi connectivity index (χ1v) is 6.41. The number of likely N-dealkylation sites (tertiary alicyclic amines) is 1. The summed E-state index contributed by atoms with van der Waals surface area (Å²) in [5, 5.41) is 3.46. The number of hydrogen-bond acceptors (Lipinski definition) is 2. The first-order chi connectivity index (χ1) is 8.34. The van der Waals surface area contributed by atoms with Crippen LogP contribution in [0.2, 0.25) is 0 Å². The number of piperidine rings is 1. The number of hydrogen-bond donors (Lipinski definition) is 1. The van der Waals surface area contributed by atoms with Gasteiger partial charge in [-0.05, 0) is 24.9 Å². The highest BCUT2D eigenvalue weighted by Gasteiger charge is 2.40. The maximum Gasteiger partial charge on any atom is 0.227 e. The minimum Gasteiger partial charge on any atom is -0.336 e. The zero-order valence-electron chi connectivity index (χ0n) is 9.93. The molecule has 2 unspecified atom stereocenters. The van der Waals surface area contributed by atoms with Crippen LogP contribution in [0.1, 0.15) is 18.4 Å². The summed E-state index contributed by atoms with van der Waals surface area (Å²) < 4.78 is 0. The van der Waals surface area contributed by atoms with Crippen LogP contribution >= 0.6 is 0 Å². The second kappa shape index (κ2) is 4.49. The fourth-order valence-electron chi connectivity index (χ4n) is 2.95. The lowest BCUT2D eigenvalue weighted by Crippen LogP contribution is -2.41. The smallest absolute Gasteiger partial charge is 0.227 e. The predicted molar refractivity (Wildman–Crippen MR) is 66.4 cm³/mol. The lowest BCUT2D eigenvalue weighted by molar-refractivity contribution is -0.131. The largest absolute Gasteiger partial charge is 0.336 e. The third-order valence-corrected chi connectivity index (χ3v) is 3.85. The molecule has 2 aliphatic rings. The minimum absolute atomic E-state index is 0.229. The highest BCUT2D eigenvalue weighted by Crippen LogP contribution is 2.27. The molecule has 1 aromatic rings. The molecule has 2 atom stereocenters. The number of amides is 1. The average Bonchev–Trinajstić information content (AvgIpc) is 2.68. The first kappa shape index (κ1) is 10.8. The standard InChI is InChI=1S/C14H18N2O/c17-14-12-7-4-8-15-13(12)10-16(14)9-11-5-2-1-3-6-11/h1-3,5-6,12-13,15H,4,7-10H2. The van der Waals surface area contributed by atoms with Gasteiger partial charge in [0.2, 0.25) is 5.91 Å². The van der Waals surface area contributed by atoms with Crippen LogP contribution in [0.4, 0.5) is 0 Å². The van der Waals surface area contributed by atoms with Gasteiger partial charge in [0.05, 0.1) is 5.92 Å². The zero-order valence-corrected chi connectivity index (χ0v) is 9.93. The molecule has 0 saturated carbocycles. The van der Waals surface area contributed by atoms with Crippen molar-refractivity contribution in [3.8, 4) is 0 Å². The second-order valence-electron chi connectivity index (χ2n) is 5.01. The summed E-state index contributed by atoms with van der Waals surface area (Å²) in [6.07, 6.45) is 2.19. The van der Waals surface area contributed by atoms with Crippen molar-refractivity contribution in [2.24, 2.45) is 5.92 Å².